The van der Waals surface area contributed by atoms with E-state index in [1.54, 1.807) is 30.5 Å². The lowest BCUT2D eigenvalue weighted by atomic mass is 10.3. The second-order valence-corrected chi connectivity index (χ2v) is 7.47. The zero-order valence-electron chi connectivity index (χ0n) is 12.9. The Morgan fingerprint density at radius 2 is 1.91 bits per heavy atom. The second kappa shape index (κ2) is 7.61. The molecule has 124 valence electrons. The molecular formula is C15H18ClN3O3S. The van der Waals surface area contributed by atoms with Gasteiger partial charge in [-0.25, -0.2) is 13.4 Å². The van der Waals surface area contributed by atoms with E-state index in [9.17, 15) is 8.42 Å². The molecule has 0 spiro atoms. The SMILES string of the molecule is CN(CCCOc1ccc(S(C)(=O)=O)cc1)c1cncc(Cl)n1. The minimum atomic E-state index is -3.18. The van der Waals surface area contributed by atoms with Gasteiger partial charge in [0.25, 0.3) is 0 Å². The Labute approximate surface area is 141 Å². The van der Waals surface area contributed by atoms with E-state index in [4.69, 9.17) is 16.3 Å². The Balaban J connectivity index is 1.79. The minimum Gasteiger partial charge on any atom is -0.494 e. The van der Waals surface area contributed by atoms with Gasteiger partial charge in [-0.15, -0.1) is 0 Å². The van der Waals surface area contributed by atoms with Crippen molar-refractivity contribution in [3.05, 3.63) is 41.8 Å². The number of sulfone groups is 1. The molecule has 0 aliphatic rings. The van der Waals surface area contributed by atoms with Gasteiger partial charge in [-0.3, -0.25) is 4.98 Å². The summed E-state index contributed by atoms with van der Waals surface area (Å²) in [5, 5.41) is 0.358. The van der Waals surface area contributed by atoms with Crippen molar-refractivity contribution in [2.45, 2.75) is 11.3 Å². The van der Waals surface area contributed by atoms with Crippen LogP contribution in [0.2, 0.25) is 5.15 Å². The van der Waals surface area contributed by atoms with Crippen molar-refractivity contribution in [2.75, 3.05) is 31.4 Å². The van der Waals surface area contributed by atoms with E-state index in [1.807, 2.05) is 11.9 Å². The summed E-state index contributed by atoms with van der Waals surface area (Å²) in [5.41, 5.74) is 0. The first kappa shape index (κ1) is 17.5. The van der Waals surface area contributed by atoms with Gasteiger partial charge >= 0.3 is 0 Å². The van der Waals surface area contributed by atoms with Crippen LogP contribution in [0.4, 0.5) is 5.82 Å². The first-order valence-corrected chi connectivity index (χ1v) is 9.25. The van der Waals surface area contributed by atoms with Gasteiger partial charge in [0.2, 0.25) is 0 Å². The summed E-state index contributed by atoms with van der Waals surface area (Å²) in [6.07, 6.45) is 5.09. The van der Waals surface area contributed by atoms with E-state index < -0.39 is 9.84 Å². The van der Waals surface area contributed by atoms with Gasteiger partial charge in [0.05, 0.1) is 23.9 Å². The average molecular weight is 356 g/mol. The number of nitrogens with zero attached hydrogens (tertiary/aromatic N) is 3. The second-order valence-electron chi connectivity index (χ2n) is 5.07. The van der Waals surface area contributed by atoms with Crippen LogP contribution in [-0.4, -0.2) is 44.8 Å². The largest absolute Gasteiger partial charge is 0.494 e. The lowest BCUT2D eigenvalue weighted by Crippen LogP contribution is -2.21. The number of aromatic nitrogens is 2. The highest BCUT2D eigenvalue weighted by molar-refractivity contribution is 7.90. The zero-order valence-corrected chi connectivity index (χ0v) is 14.5. The van der Waals surface area contributed by atoms with Gasteiger partial charge in [0.15, 0.2) is 9.84 Å². The van der Waals surface area contributed by atoms with Gasteiger partial charge in [-0.05, 0) is 30.7 Å². The predicted octanol–water partition coefficient (Wildman–Crippen LogP) is 2.44. The van der Waals surface area contributed by atoms with Crippen molar-refractivity contribution in [2.24, 2.45) is 0 Å². The molecular weight excluding hydrogens is 338 g/mol. The van der Waals surface area contributed by atoms with Crippen LogP contribution in [0.5, 0.6) is 5.75 Å². The molecule has 1 aromatic heterocycles. The quantitative estimate of drug-likeness (QED) is 0.710. The van der Waals surface area contributed by atoms with Crippen LogP contribution in [0.15, 0.2) is 41.6 Å². The molecule has 0 aliphatic heterocycles. The zero-order chi connectivity index (χ0) is 16.9. The molecule has 0 bridgehead atoms. The molecule has 0 radical (unpaired) electrons. The molecule has 0 unspecified atom stereocenters. The van der Waals surface area contributed by atoms with Crippen molar-refractivity contribution in [3.63, 3.8) is 0 Å². The highest BCUT2D eigenvalue weighted by Crippen LogP contribution is 2.16. The van der Waals surface area contributed by atoms with Gasteiger partial charge in [-0.1, -0.05) is 11.6 Å². The monoisotopic (exact) mass is 355 g/mol. The van der Waals surface area contributed by atoms with Crippen LogP contribution in [0, 0.1) is 0 Å². The van der Waals surface area contributed by atoms with Crippen molar-refractivity contribution in [1.29, 1.82) is 0 Å². The van der Waals surface area contributed by atoms with E-state index in [0.717, 1.165) is 13.0 Å². The molecule has 6 nitrogen and oxygen atoms in total. The van der Waals surface area contributed by atoms with Gasteiger partial charge in [-0.2, -0.15) is 0 Å². The Bertz CT molecular complexity index is 751. The fourth-order valence-electron chi connectivity index (χ4n) is 1.91. The van der Waals surface area contributed by atoms with E-state index in [0.29, 0.717) is 23.3 Å². The number of rotatable bonds is 7. The molecule has 23 heavy (non-hydrogen) atoms. The fourth-order valence-corrected chi connectivity index (χ4v) is 2.68. The summed E-state index contributed by atoms with van der Waals surface area (Å²) in [7, 11) is -1.27. The molecule has 0 N–H and O–H groups in total. The number of halogens is 1. The molecule has 0 saturated carbocycles. The van der Waals surface area contributed by atoms with Crippen LogP contribution >= 0.6 is 11.6 Å². The minimum absolute atomic E-state index is 0.282. The van der Waals surface area contributed by atoms with Crippen LogP contribution in [-0.2, 0) is 9.84 Å². The molecule has 1 heterocycles. The van der Waals surface area contributed by atoms with E-state index in [2.05, 4.69) is 9.97 Å². The number of hydrogen-bond donors (Lipinski definition) is 0. The molecule has 0 amide bonds. The summed E-state index contributed by atoms with van der Waals surface area (Å²) in [6.45, 7) is 1.24. The lowest BCUT2D eigenvalue weighted by Gasteiger charge is -2.17. The first-order valence-electron chi connectivity index (χ1n) is 6.98. The van der Waals surface area contributed by atoms with Crippen LogP contribution < -0.4 is 9.64 Å². The Kier molecular flexibility index (Phi) is 5.79. The van der Waals surface area contributed by atoms with Gasteiger partial charge in [0, 0.05) is 19.8 Å². The molecule has 8 heteroatoms. The third-order valence-electron chi connectivity index (χ3n) is 3.14. The van der Waals surface area contributed by atoms with Crippen molar-refractivity contribution >= 4 is 27.3 Å². The summed E-state index contributed by atoms with van der Waals surface area (Å²) >= 11 is 5.81. The molecule has 0 atom stereocenters. The third kappa shape index (κ3) is 5.37. The van der Waals surface area contributed by atoms with Gasteiger partial charge < -0.3 is 9.64 Å². The van der Waals surface area contributed by atoms with Crippen molar-refractivity contribution in [3.8, 4) is 5.75 Å². The summed E-state index contributed by atoms with van der Waals surface area (Å²) in [5.74, 6) is 1.35. The van der Waals surface area contributed by atoms with E-state index in [1.165, 1.54) is 12.5 Å². The molecule has 0 fully saturated rings. The summed E-state index contributed by atoms with van der Waals surface area (Å²) in [6, 6.07) is 6.39. The van der Waals surface area contributed by atoms with Gasteiger partial charge in [0.1, 0.15) is 16.7 Å². The summed E-state index contributed by atoms with van der Waals surface area (Å²) < 4.78 is 28.3. The third-order valence-corrected chi connectivity index (χ3v) is 4.45. The Morgan fingerprint density at radius 1 is 1.22 bits per heavy atom. The van der Waals surface area contributed by atoms with Crippen LogP contribution in [0.3, 0.4) is 0 Å². The normalized spacial score (nSPS) is 11.3. The number of benzene rings is 1. The smallest absolute Gasteiger partial charge is 0.175 e. The Hall–Kier alpha value is -1.86. The number of ether oxygens (including phenoxy) is 1. The fraction of sp³-hybridized carbons (Fsp3) is 0.333. The lowest BCUT2D eigenvalue weighted by molar-refractivity contribution is 0.312. The average Bonchev–Trinajstić information content (AvgIpc) is 2.51. The van der Waals surface area contributed by atoms with Crippen molar-refractivity contribution < 1.29 is 13.2 Å². The number of hydrogen-bond acceptors (Lipinski definition) is 6. The van der Waals surface area contributed by atoms with E-state index in [-0.39, 0.29) is 4.90 Å². The molecule has 2 aromatic rings. The maximum absolute atomic E-state index is 11.4. The van der Waals surface area contributed by atoms with Crippen LogP contribution in [0.25, 0.3) is 0 Å². The highest BCUT2D eigenvalue weighted by atomic mass is 35.5. The van der Waals surface area contributed by atoms with Crippen molar-refractivity contribution in [1.82, 2.24) is 9.97 Å². The van der Waals surface area contributed by atoms with Crippen LogP contribution in [0.1, 0.15) is 6.42 Å². The van der Waals surface area contributed by atoms with E-state index >= 15 is 0 Å². The summed E-state index contributed by atoms with van der Waals surface area (Å²) in [4.78, 5) is 10.4. The molecule has 0 aliphatic carbocycles. The maximum Gasteiger partial charge on any atom is 0.175 e. The highest BCUT2D eigenvalue weighted by Gasteiger charge is 2.07. The molecule has 2 rings (SSSR count). The molecule has 0 saturated heterocycles. The predicted molar refractivity (Wildman–Crippen MR) is 90.0 cm³/mol. The topological polar surface area (TPSA) is 72.4 Å². The molecule has 1 aromatic carbocycles. The standard InChI is InChI=1S/C15H18ClN3O3S/c1-19(15-11-17-10-14(16)18-15)8-3-9-22-12-4-6-13(7-5-12)23(2,20)21/h4-7,10-11H,3,8-9H2,1-2H3. The maximum atomic E-state index is 11.4. The Morgan fingerprint density at radius 3 is 2.52 bits per heavy atom. The number of anilines is 1. The first-order chi connectivity index (χ1) is 10.9.